The van der Waals surface area contributed by atoms with Crippen molar-refractivity contribution in [1.29, 1.82) is 0 Å². The number of carboxylic acid groups (broad SMARTS) is 1. The van der Waals surface area contributed by atoms with Crippen LogP contribution in [0.4, 0.5) is 0 Å². The SMILES string of the molecule is CC1(C)O[C@H]2O[C@H]([C@H](O)CC(=O)[O-])[C@H](O)[C@H]2O1. The third kappa shape index (κ3) is 2.43. The molecule has 0 aromatic heterocycles. The lowest BCUT2D eigenvalue weighted by Gasteiger charge is -2.25. The van der Waals surface area contributed by atoms with E-state index < -0.39 is 48.9 Å². The summed E-state index contributed by atoms with van der Waals surface area (Å²) < 4.78 is 16.0. The molecule has 2 rings (SSSR count). The van der Waals surface area contributed by atoms with Crippen LogP contribution in [0.5, 0.6) is 0 Å². The molecule has 0 aliphatic carbocycles. The van der Waals surface area contributed by atoms with E-state index in [1.165, 1.54) is 0 Å². The van der Waals surface area contributed by atoms with Crippen molar-refractivity contribution in [2.45, 2.75) is 56.8 Å². The second kappa shape index (κ2) is 4.18. The van der Waals surface area contributed by atoms with Gasteiger partial charge in [-0.2, -0.15) is 0 Å². The Morgan fingerprint density at radius 3 is 2.65 bits per heavy atom. The number of aliphatic carboxylic acids is 1. The number of rotatable bonds is 3. The zero-order valence-electron chi connectivity index (χ0n) is 9.53. The number of aliphatic hydroxyl groups is 2. The minimum atomic E-state index is -1.41. The van der Waals surface area contributed by atoms with Crippen LogP contribution in [0.1, 0.15) is 20.3 Å². The number of carbonyl (C=O) groups is 1. The fourth-order valence-corrected chi connectivity index (χ4v) is 2.12. The maximum Gasteiger partial charge on any atom is 0.190 e. The van der Waals surface area contributed by atoms with Gasteiger partial charge in [0.25, 0.3) is 0 Å². The Morgan fingerprint density at radius 1 is 1.47 bits per heavy atom. The Morgan fingerprint density at radius 2 is 2.12 bits per heavy atom. The molecule has 7 heteroatoms. The standard InChI is InChI=1S/C10H16O7/c1-10(2)16-8-6(14)7(15-9(8)17-10)4(11)3-5(12)13/h4,6-9,11,14H,3H2,1-2H3,(H,12,13)/p-1/t4-,6+,7-,8-,9-/m1/s1. The van der Waals surface area contributed by atoms with E-state index in [0.717, 1.165) is 0 Å². The van der Waals surface area contributed by atoms with Crippen molar-refractivity contribution in [3.8, 4) is 0 Å². The van der Waals surface area contributed by atoms with Gasteiger partial charge in [0.2, 0.25) is 0 Å². The van der Waals surface area contributed by atoms with Gasteiger partial charge in [0.1, 0.15) is 18.3 Å². The second-order valence-corrected chi connectivity index (χ2v) is 4.70. The molecule has 7 nitrogen and oxygen atoms in total. The second-order valence-electron chi connectivity index (χ2n) is 4.70. The van der Waals surface area contributed by atoms with E-state index in [9.17, 15) is 20.1 Å². The smallest absolute Gasteiger partial charge is 0.190 e. The molecule has 0 saturated carbocycles. The van der Waals surface area contributed by atoms with E-state index >= 15 is 0 Å². The van der Waals surface area contributed by atoms with E-state index in [1.54, 1.807) is 13.8 Å². The highest BCUT2D eigenvalue weighted by molar-refractivity contribution is 5.64. The lowest BCUT2D eigenvalue weighted by molar-refractivity contribution is -0.309. The molecule has 0 amide bonds. The minimum Gasteiger partial charge on any atom is -0.550 e. The maximum atomic E-state index is 10.4. The lowest BCUT2D eigenvalue weighted by atomic mass is 10.0. The third-order valence-corrected chi connectivity index (χ3v) is 2.81. The molecule has 0 bridgehead atoms. The van der Waals surface area contributed by atoms with Crippen LogP contribution in [0.15, 0.2) is 0 Å². The molecule has 2 fully saturated rings. The molecule has 17 heavy (non-hydrogen) atoms. The molecule has 0 unspecified atom stereocenters. The maximum absolute atomic E-state index is 10.4. The molecule has 2 N–H and O–H groups in total. The fourth-order valence-electron chi connectivity index (χ4n) is 2.12. The number of fused-ring (bicyclic) bond motifs is 1. The van der Waals surface area contributed by atoms with E-state index in [0.29, 0.717) is 0 Å². The largest absolute Gasteiger partial charge is 0.550 e. The predicted octanol–water partition coefficient (Wildman–Crippen LogP) is -2.28. The van der Waals surface area contributed by atoms with Crippen molar-refractivity contribution >= 4 is 5.97 Å². The number of ether oxygens (including phenoxy) is 3. The summed E-state index contributed by atoms with van der Waals surface area (Å²) in [6, 6.07) is 0. The van der Waals surface area contributed by atoms with Gasteiger partial charge in [-0.3, -0.25) is 0 Å². The number of carboxylic acids is 1. The average molecular weight is 247 g/mol. The van der Waals surface area contributed by atoms with Gasteiger partial charge >= 0.3 is 0 Å². The summed E-state index contributed by atoms with van der Waals surface area (Å²) >= 11 is 0. The zero-order valence-corrected chi connectivity index (χ0v) is 9.53. The normalized spacial score (nSPS) is 41.2. The molecule has 98 valence electrons. The molecular weight excluding hydrogens is 232 g/mol. The molecule has 2 aliphatic heterocycles. The average Bonchev–Trinajstić information content (AvgIpc) is 2.60. The molecular formula is C10H15O7-. The highest BCUT2D eigenvalue weighted by Crippen LogP contribution is 2.38. The Balaban J connectivity index is 2.00. The van der Waals surface area contributed by atoms with Crippen LogP contribution in [0.3, 0.4) is 0 Å². The Kier molecular flexibility index (Phi) is 3.13. The lowest BCUT2D eigenvalue weighted by Crippen LogP contribution is -2.43. The Bertz CT molecular complexity index is 316. The number of carbonyl (C=O) groups excluding carboxylic acids is 1. The van der Waals surface area contributed by atoms with Crippen molar-refractivity contribution in [1.82, 2.24) is 0 Å². The van der Waals surface area contributed by atoms with Crippen LogP contribution < -0.4 is 5.11 Å². The first-order valence-electron chi connectivity index (χ1n) is 5.37. The summed E-state index contributed by atoms with van der Waals surface area (Å²) in [6.07, 6.45) is -5.64. The molecule has 0 aromatic carbocycles. The molecule has 2 aliphatic rings. The van der Waals surface area contributed by atoms with E-state index in [1.807, 2.05) is 0 Å². The predicted molar refractivity (Wildman–Crippen MR) is 50.3 cm³/mol. The fraction of sp³-hybridized carbons (Fsp3) is 0.900. The Hall–Kier alpha value is -0.730. The highest BCUT2D eigenvalue weighted by atomic mass is 16.8. The number of aliphatic hydroxyl groups excluding tert-OH is 2. The highest BCUT2D eigenvalue weighted by Gasteiger charge is 2.55. The van der Waals surface area contributed by atoms with Crippen molar-refractivity contribution in [2.75, 3.05) is 0 Å². The summed E-state index contributed by atoms with van der Waals surface area (Å²) in [4.78, 5) is 10.4. The third-order valence-electron chi connectivity index (χ3n) is 2.81. The minimum absolute atomic E-state index is 0.607. The Labute approximate surface area is 97.9 Å². The van der Waals surface area contributed by atoms with Crippen LogP contribution in [0.2, 0.25) is 0 Å². The summed E-state index contributed by atoms with van der Waals surface area (Å²) in [6.45, 7) is 3.35. The zero-order chi connectivity index (χ0) is 12.8. The van der Waals surface area contributed by atoms with Crippen LogP contribution in [-0.4, -0.2) is 52.7 Å². The van der Waals surface area contributed by atoms with Crippen molar-refractivity contribution in [3.63, 3.8) is 0 Å². The van der Waals surface area contributed by atoms with Crippen molar-refractivity contribution in [3.05, 3.63) is 0 Å². The number of hydrogen-bond donors (Lipinski definition) is 2. The van der Waals surface area contributed by atoms with Crippen molar-refractivity contribution in [2.24, 2.45) is 0 Å². The van der Waals surface area contributed by atoms with Gasteiger partial charge in [-0.25, -0.2) is 0 Å². The van der Waals surface area contributed by atoms with Crippen molar-refractivity contribution < 1.29 is 34.3 Å². The van der Waals surface area contributed by atoms with Gasteiger partial charge in [0.15, 0.2) is 12.1 Å². The summed E-state index contributed by atoms with van der Waals surface area (Å²) in [7, 11) is 0. The summed E-state index contributed by atoms with van der Waals surface area (Å²) in [5, 5.41) is 29.8. The molecule has 0 radical (unpaired) electrons. The quantitative estimate of drug-likeness (QED) is 0.578. The molecule has 0 spiro atoms. The van der Waals surface area contributed by atoms with Crippen LogP contribution >= 0.6 is 0 Å². The molecule has 5 atom stereocenters. The van der Waals surface area contributed by atoms with Crippen LogP contribution in [-0.2, 0) is 19.0 Å². The first kappa shape index (κ1) is 12.7. The summed E-state index contributed by atoms with van der Waals surface area (Å²) in [5.74, 6) is -2.27. The van der Waals surface area contributed by atoms with Crippen LogP contribution in [0.25, 0.3) is 0 Å². The summed E-state index contributed by atoms with van der Waals surface area (Å²) in [5.41, 5.74) is 0. The van der Waals surface area contributed by atoms with Gasteiger partial charge in [0, 0.05) is 12.4 Å². The number of hydrogen-bond acceptors (Lipinski definition) is 7. The van der Waals surface area contributed by atoms with Gasteiger partial charge in [-0.1, -0.05) is 0 Å². The van der Waals surface area contributed by atoms with E-state index in [-0.39, 0.29) is 0 Å². The molecule has 2 saturated heterocycles. The topological polar surface area (TPSA) is 108 Å². The molecule has 0 aromatic rings. The first-order valence-corrected chi connectivity index (χ1v) is 5.37. The van der Waals surface area contributed by atoms with Gasteiger partial charge in [-0.05, 0) is 13.8 Å². The van der Waals surface area contributed by atoms with Gasteiger partial charge < -0.3 is 34.3 Å². The van der Waals surface area contributed by atoms with E-state index in [2.05, 4.69) is 0 Å². The van der Waals surface area contributed by atoms with E-state index in [4.69, 9.17) is 14.2 Å². The van der Waals surface area contributed by atoms with Crippen LogP contribution in [0, 0.1) is 0 Å². The van der Waals surface area contributed by atoms with Gasteiger partial charge in [0.05, 0.1) is 6.10 Å². The van der Waals surface area contributed by atoms with Gasteiger partial charge in [-0.15, -0.1) is 0 Å². The first-order chi connectivity index (χ1) is 7.80. The monoisotopic (exact) mass is 247 g/mol. The molecule has 2 heterocycles.